The van der Waals surface area contributed by atoms with Crippen LogP contribution in [0.25, 0.3) is 17.0 Å². The summed E-state index contributed by atoms with van der Waals surface area (Å²) in [5, 5.41) is 3.79. The van der Waals surface area contributed by atoms with Crippen LogP contribution in [0.4, 0.5) is 4.39 Å². The third-order valence-corrected chi connectivity index (χ3v) is 4.93. The monoisotopic (exact) mass is 380 g/mol. The van der Waals surface area contributed by atoms with Crippen LogP contribution in [0.5, 0.6) is 11.5 Å². The Morgan fingerprint density at radius 2 is 2.04 bits per heavy atom. The van der Waals surface area contributed by atoms with Gasteiger partial charge in [0.2, 0.25) is 12.7 Å². The van der Waals surface area contributed by atoms with Crippen molar-refractivity contribution in [1.82, 2.24) is 10.3 Å². The standard InChI is InChI=1S/C22H21FN2O3/c1-13-3-6-17(23)22-21(13)16(14(2)25-22)9-10-24-20(26)8-5-15-4-7-18-19(11-15)28-12-27-18/h3-8,11,25H,9-10,12H2,1-2H3,(H,24,26)/b8-5+. The molecular formula is C22H21FN2O3. The van der Waals surface area contributed by atoms with Gasteiger partial charge in [-0.15, -0.1) is 0 Å². The number of ether oxygens (including phenoxy) is 2. The molecule has 4 rings (SSSR count). The van der Waals surface area contributed by atoms with Gasteiger partial charge in [0, 0.05) is 23.7 Å². The molecule has 0 aliphatic carbocycles. The zero-order valence-corrected chi connectivity index (χ0v) is 15.8. The Labute approximate surface area is 162 Å². The highest BCUT2D eigenvalue weighted by molar-refractivity contribution is 5.92. The smallest absolute Gasteiger partial charge is 0.244 e. The van der Waals surface area contributed by atoms with Crippen molar-refractivity contribution in [3.63, 3.8) is 0 Å². The number of aryl methyl sites for hydroxylation is 2. The van der Waals surface area contributed by atoms with Crippen LogP contribution in [0.1, 0.15) is 22.4 Å². The van der Waals surface area contributed by atoms with Crippen molar-refractivity contribution in [2.24, 2.45) is 0 Å². The van der Waals surface area contributed by atoms with Crippen LogP contribution in [0.3, 0.4) is 0 Å². The fourth-order valence-electron chi connectivity index (χ4n) is 3.51. The van der Waals surface area contributed by atoms with Crippen LogP contribution in [0.2, 0.25) is 0 Å². The van der Waals surface area contributed by atoms with E-state index in [1.807, 2.05) is 32.0 Å². The van der Waals surface area contributed by atoms with Crippen molar-refractivity contribution in [3.05, 3.63) is 64.6 Å². The number of aromatic nitrogens is 1. The molecule has 1 aliphatic rings. The predicted molar refractivity (Wildman–Crippen MR) is 106 cm³/mol. The van der Waals surface area contributed by atoms with Gasteiger partial charge in [0.1, 0.15) is 5.82 Å². The Morgan fingerprint density at radius 1 is 1.21 bits per heavy atom. The second-order valence-electron chi connectivity index (χ2n) is 6.83. The largest absolute Gasteiger partial charge is 0.454 e. The molecule has 0 fully saturated rings. The molecule has 0 saturated heterocycles. The molecule has 0 unspecified atom stereocenters. The molecule has 0 saturated carbocycles. The number of carbonyl (C=O) groups excluding carboxylic acids is 1. The maximum Gasteiger partial charge on any atom is 0.244 e. The molecule has 1 aliphatic heterocycles. The van der Waals surface area contributed by atoms with Gasteiger partial charge in [-0.25, -0.2) is 4.39 Å². The number of halogens is 1. The minimum Gasteiger partial charge on any atom is -0.454 e. The molecule has 1 aromatic heterocycles. The molecule has 0 spiro atoms. The average Bonchev–Trinajstić information content (AvgIpc) is 3.28. The first-order valence-corrected chi connectivity index (χ1v) is 9.15. The fourth-order valence-corrected chi connectivity index (χ4v) is 3.51. The normalized spacial score (nSPS) is 12.8. The number of benzene rings is 2. The molecule has 144 valence electrons. The van der Waals surface area contributed by atoms with Gasteiger partial charge in [0.25, 0.3) is 0 Å². The van der Waals surface area contributed by atoms with Gasteiger partial charge < -0.3 is 19.8 Å². The molecule has 3 aromatic rings. The number of hydrogen-bond donors (Lipinski definition) is 2. The highest BCUT2D eigenvalue weighted by Crippen LogP contribution is 2.32. The summed E-state index contributed by atoms with van der Waals surface area (Å²) in [5.41, 5.74) is 4.37. The summed E-state index contributed by atoms with van der Waals surface area (Å²) in [6.45, 7) is 4.58. The lowest BCUT2D eigenvalue weighted by atomic mass is 10.0. The topological polar surface area (TPSA) is 63.4 Å². The number of carbonyl (C=O) groups is 1. The minimum atomic E-state index is -0.259. The lowest BCUT2D eigenvalue weighted by Crippen LogP contribution is -2.23. The molecule has 0 bridgehead atoms. The Hall–Kier alpha value is -3.28. The lowest BCUT2D eigenvalue weighted by molar-refractivity contribution is -0.116. The average molecular weight is 380 g/mol. The third-order valence-electron chi connectivity index (χ3n) is 4.93. The predicted octanol–water partition coefficient (Wildman–Crippen LogP) is 4.02. The summed E-state index contributed by atoms with van der Waals surface area (Å²) in [7, 11) is 0. The maximum absolute atomic E-state index is 14.0. The number of amides is 1. The molecule has 5 nitrogen and oxygen atoms in total. The van der Waals surface area contributed by atoms with Crippen LogP contribution >= 0.6 is 0 Å². The van der Waals surface area contributed by atoms with E-state index in [1.165, 1.54) is 12.1 Å². The SMILES string of the molecule is Cc1[nH]c2c(F)ccc(C)c2c1CCNC(=O)/C=C/c1ccc2c(c1)OCO2. The van der Waals surface area contributed by atoms with E-state index in [0.717, 1.165) is 27.8 Å². The first-order valence-electron chi connectivity index (χ1n) is 9.15. The van der Waals surface area contributed by atoms with Crippen molar-refractivity contribution in [2.75, 3.05) is 13.3 Å². The quantitative estimate of drug-likeness (QED) is 0.657. The van der Waals surface area contributed by atoms with Crippen molar-refractivity contribution < 1.29 is 18.7 Å². The van der Waals surface area contributed by atoms with Gasteiger partial charge in [-0.05, 0) is 61.2 Å². The first kappa shape index (κ1) is 18.1. The van der Waals surface area contributed by atoms with Crippen LogP contribution in [-0.4, -0.2) is 24.2 Å². The van der Waals surface area contributed by atoms with Crippen molar-refractivity contribution in [1.29, 1.82) is 0 Å². The highest BCUT2D eigenvalue weighted by atomic mass is 19.1. The molecule has 2 aromatic carbocycles. The molecule has 6 heteroatoms. The summed E-state index contributed by atoms with van der Waals surface area (Å²) in [6, 6.07) is 8.77. The number of hydrogen-bond acceptors (Lipinski definition) is 3. The van der Waals surface area contributed by atoms with Crippen molar-refractivity contribution >= 4 is 22.9 Å². The second-order valence-corrected chi connectivity index (χ2v) is 6.83. The van der Waals surface area contributed by atoms with Gasteiger partial charge in [-0.1, -0.05) is 12.1 Å². The highest BCUT2D eigenvalue weighted by Gasteiger charge is 2.14. The van der Waals surface area contributed by atoms with Crippen LogP contribution in [0.15, 0.2) is 36.4 Å². The number of rotatable bonds is 5. The Kier molecular flexibility index (Phi) is 4.77. The molecule has 0 atom stereocenters. The fraction of sp³-hybridized carbons (Fsp3) is 0.227. The molecule has 2 heterocycles. The number of fused-ring (bicyclic) bond motifs is 2. The number of nitrogens with one attached hydrogen (secondary N) is 2. The molecule has 2 N–H and O–H groups in total. The summed E-state index contributed by atoms with van der Waals surface area (Å²) in [6.07, 6.45) is 3.85. The zero-order valence-electron chi connectivity index (χ0n) is 15.8. The van der Waals surface area contributed by atoms with E-state index in [0.29, 0.717) is 30.0 Å². The van der Waals surface area contributed by atoms with Gasteiger partial charge in [-0.3, -0.25) is 4.79 Å². The zero-order chi connectivity index (χ0) is 19.7. The van der Waals surface area contributed by atoms with E-state index in [9.17, 15) is 9.18 Å². The van der Waals surface area contributed by atoms with Crippen LogP contribution in [0, 0.1) is 19.7 Å². The van der Waals surface area contributed by atoms with E-state index < -0.39 is 0 Å². The molecule has 1 amide bonds. The van der Waals surface area contributed by atoms with Gasteiger partial charge in [0.05, 0.1) is 5.52 Å². The maximum atomic E-state index is 14.0. The van der Waals surface area contributed by atoms with Crippen LogP contribution < -0.4 is 14.8 Å². The summed E-state index contributed by atoms with van der Waals surface area (Å²) in [4.78, 5) is 15.2. The Balaban J connectivity index is 1.39. The Bertz CT molecular complexity index is 1090. The summed E-state index contributed by atoms with van der Waals surface area (Å²) < 4.78 is 24.6. The molecular weight excluding hydrogens is 359 g/mol. The summed E-state index contributed by atoms with van der Waals surface area (Å²) in [5.74, 6) is 0.950. The van der Waals surface area contributed by atoms with E-state index in [-0.39, 0.29) is 18.5 Å². The van der Waals surface area contributed by atoms with E-state index in [1.54, 1.807) is 12.1 Å². The first-order chi connectivity index (χ1) is 13.5. The lowest BCUT2D eigenvalue weighted by Gasteiger charge is -2.05. The van der Waals surface area contributed by atoms with Gasteiger partial charge in [-0.2, -0.15) is 0 Å². The number of H-pyrrole nitrogens is 1. The van der Waals surface area contributed by atoms with Crippen molar-refractivity contribution in [3.8, 4) is 11.5 Å². The van der Waals surface area contributed by atoms with E-state index >= 15 is 0 Å². The second kappa shape index (κ2) is 7.38. The van der Waals surface area contributed by atoms with E-state index in [2.05, 4.69) is 10.3 Å². The van der Waals surface area contributed by atoms with Gasteiger partial charge >= 0.3 is 0 Å². The van der Waals surface area contributed by atoms with Gasteiger partial charge in [0.15, 0.2) is 11.5 Å². The number of aromatic amines is 1. The van der Waals surface area contributed by atoms with E-state index in [4.69, 9.17) is 9.47 Å². The molecule has 0 radical (unpaired) electrons. The van der Waals surface area contributed by atoms with Crippen molar-refractivity contribution in [2.45, 2.75) is 20.3 Å². The molecule has 28 heavy (non-hydrogen) atoms. The summed E-state index contributed by atoms with van der Waals surface area (Å²) >= 11 is 0. The third kappa shape index (κ3) is 3.45. The Morgan fingerprint density at radius 3 is 2.89 bits per heavy atom. The minimum absolute atomic E-state index is 0.182. The van der Waals surface area contributed by atoms with Crippen LogP contribution in [-0.2, 0) is 11.2 Å².